The topological polar surface area (TPSA) is 62.4 Å². The number of alkyl halides is 2. The minimum Gasteiger partial charge on any atom is -0.435 e. The number of aromatic nitrogens is 2. The first-order valence-electron chi connectivity index (χ1n) is 8.09. The Labute approximate surface area is 138 Å². The molecule has 0 spiro atoms. The number of likely N-dealkylation sites (tertiary alicyclic amines) is 1. The quantitative estimate of drug-likeness (QED) is 0.791. The summed E-state index contributed by atoms with van der Waals surface area (Å²) in [6.07, 6.45) is 2.34. The maximum atomic E-state index is 12.2. The van der Waals surface area contributed by atoms with Crippen molar-refractivity contribution in [2.24, 2.45) is 5.92 Å². The number of H-pyrrole nitrogens is 1. The normalized spacial score (nSPS) is 26.8. The zero-order valence-corrected chi connectivity index (χ0v) is 13.3. The molecular weight excluding hydrogens is 318 g/mol. The van der Waals surface area contributed by atoms with Crippen molar-refractivity contribution in [3.8, 4) is 5.75 Å². The highest BCUT2D eigenvalue weighted by atomic mass is 19.3. The molecule has 1 aromatic heterocycles. The molecule has 2 heterocycles. The minimum absolute atomic E-state index is 0.109. The van der Waals surface area contributed by atoms with E-state index in [-0.39, 0.29) is 5.75 Å². The summed E-state index contributed by atoms with van der Waals surface area (Å²) in [4.78, 5) is 8.06. The van der Waals surface area contributed by atoms with Crippen molar-refractivity contribution in [3.63, 3.8) is 0 Å². The highest BCUT2D eigenvalue weighted by molar-refractivity contribution is 5.82. The van der Waals surface area contributed by atoms with Gasteiger partial charge >= 0.3 is 6.61 Å². The number of piperidine rings is 1. The number of hydrogen-bond donors (Lipinski definition) is 2. The predicted octanol–water partition coefficient (Wildman–Crippen LogP) is 2.28. The average Bonchev–Trinajstić information content (AvgIpc) is 3.20. The van der Waals surface area contributed by atoms with Crippen LogP contribution in [0.4, 0.5) is 8.78 Å². The second-order valence-corrected chi connectivity index (χ2v) is 6.59. The molecule has 2 N–H and O–H groups in total. The van der Waals surface area contributed by atoms with Gasteiger partial charge in [-0.2, -0.15) is 19.4 Å². The Morgan fingerprint density at radius 1 is 1.42 bits per heavy atom. The van der Waals surface area contributed by atoms with Crippen molar-refractivity contribution in [3.05, 3.63) is 23.9 Å². The maximum Gasteiger partial charge on any atom is 0.387 e. The number of fused-ring (bicyclic) bond motifs is 3. The van der Waals surface area contributed by atoms with Crippen LogP contribution in [0.1, 0.15) is 18.5 Å². The van der Waals surface area contributed by atoms with Crippen LogP contribution in [-0.4, -0.2) is 47.4 Å². The van der Waals surface area contributed by atoms with E-state index in [9.17, 15) is 8.78 Å². The van der Waals surface area contributed by atoms with Crippen LogP contribution < -0.4 is 10.2 Å². The van der Waals surface area contributed by atoms with Gasteiger partial charge < -0.3 is 9.64 Å². The molecule has 1 aliphatic carbocycles. The Kier molecular flexibility index (Phi) is 4.11. The van der Waals surface area contributed by atoms with Gasteiger partial charge in [0.05, 0.1) is 11.2 Å². The highest BCUT2D eigenvalue weighted by Crippen LogP contribution is 2.36. The first-order chi connectivity index (χ1) is 11.6. The van der Waals surface area contributed by atoms with E-state index in [1.165, 1.54) is 18.6 Å². The lowest BCUT2D eigenvalue weighted by atomic mass is 10.0. The van der Waals surface area contributed by atoms with Crippen LogP contribution in [0, 0.1) is 5.92 Å². The lowest BCUT2D eigenvalue weighted by Crippen LogP contribution is -2.42. The summed E-state index contributed by atoms with van der Waals surface area (Å²) in [5.74, 6) is 0.753. The molecule has 1 aliphatic heterocycles. The third kappa shape index (κ3) is 2.97. The van der Waals surface area contributed by atoms with Gasteiger partial charge in [-0.25, -0.2) is 0 Å². The molecule has 2 aliphatic rings. The fourth-order valence-electron chi connectivity index (χ4n) is 3.88. The molecule has 0 amide bonds. The lowest BCUT2D eigenvalue weighted by molar-refractivity contribution is -0.0497. The van der Waals surface area contributed by atoms with E-state index < -0.39 is 6.61 Å². The molecule has 2 fully saturated rings. The maximum absolute atomic E-state index is 12.2. The van der Waals surface area contributed by atoms with E-state index in [2.05, 4.69) is 32.4 Å². The summed E-state index contributed by atoms with van der Waals surface area (Å²) in [6, 6.07) is 5.78. The second-order valence-electron chi connectivity index (χ2n) is 6.59. The van der Waals surface area contributed by atoms with Crippen LogP contribution in [0.25, 0.3) is 10.9 Å². The molecule has 3 atom stereocenters. The van der Waals surface area contributed by atoms with Gasteiger partial charge in [-0.1, -0.05) is 0 Å². The number of benzene rings is 1. The molecule has 1 saturated heterocycles. The first kappa shape index (κ1) is 15.7. The smallest absolute Gasteiger partial charge is 0.387 e. The molecule has 1 saturated carbocycles. The zero-order chi connectivity index (χ0) is 16.7. The SMILES string of the molecule is CN1CC2CC1CC2NOCc1n[nH]c2cc(OC(F)F)ccc12. The Bertz CT molecular complexity index is 721. The van der Waals surface area contributed by atoms with E-state index in [4.69, 9.17) is 4.84 Å². The van der Waals surface area contributed by atoms with Crippen LogP contribution in [0.15, 0.2) is 18.2 Å². The van der Waals surface area contributed by atoms with Crippen molar-refractivity contribution >= 4 is 10.9 Å². The van der Waals surface area contributed by atoms with E-state index >= 15 is 0 Å². The van der Waals surface area contributed by atoms with Gasteiger partial charge in [-0.05, 0) is 37.9 Å². The van der Waals surface area contributed by atoms with Crippen LogP contribution in [0.2, 0.25) is 0 Å². The number of rotatable bonds is 6. The van der Waals surface area contributed by atoms with Crippen molar-refractivity contribution < 1.29 is 18.4 Å². The van der Waals surface area contributed by atoms with Crippen molar-refractivity contribution in [1.82, 2.24) is 20.6 Å². The Morgan fingerprint density at radius 3 is 3.00 bits per heavy atom. The van der Waals surface area contributed by atoms with E-state index in [0.717, 1.165) is 24.0 Å². The van der Waals surface area contributed by atoms with Gasteiger partial charge in [0.25, 0.3) is 0 Å². The molecule has 2 bridgehead atoms. The number of aromatic amines is 1. The number of halogens is 2. The summed E-state index contributed by atoms with van der Waals surface area (Å²) >= 11 is 0. The van der Waals surface area contributed by atoms with E-state index in [0.29, 0.717) is 30.1 Å². The van der Waals surface area contributed by atoms with Gasteiger partial charge in [0.1, 0.15) is 12.4 Å². The lowest BCUT2D eigenvalue weighted by Gasteiger charge is -2.28. The van der Waals surface area contributed by atoms with Crippen molar-refractivity contribution in [2.75, 3.05) is 13.6 Å². The third-order valence-electron chi connectivity index (χ3n) is 5.10. The fraction of sp³-hybridized carbons (Fsp3) is 0.562. The summed E-state index contributed by atoms with van der Waals surface area (Å²) < 4.78 is 28.9. The summed E-state index contributed by atoms with van der Waals surface area (Å²) in [6.45, 7) is -1.40. The second kappa shape index (κ2) is 6.27. The number of hydroxylamine groups is 1. The number of nitrogens with one attached hydrogen (secondary N) is 2. The third-order valence-corrected chi connectivity index (χ3v) is 5.10. The molecule has 4 rings (SSSR count). The highest BCUT2D eigenvalue weighted by Gasteiger charge is 2.43. The molecule has 1 aromatic carbocycles. The van der Waals surface area contributed by atoms with Gasteiger partial charge in [0, 0.05) is 30.1 Å². The van der Waals surface area contributed by atoms with E-state index in [1.807, 2.05) is 0 Å². The summed E-state index contributed by atoms with van der Waals surface area (Å²) in [7, 11) is 2.17. The van der Waals surface area contributed by atoms with Crippen molar-refractivity contribution in [1.29, 1.82) is 0 Å². The Hall–Kier alpha value is -1.77. The molecule has 8 heteroatoms. The van der Waals surface area contributed by atoms with E-state index in [1.54, 1.807) is 6.07 Å². The molecule has 2 aromatic rings. The Morgan fingerprint density at radius 2 is 2.29 bits per heavy atom. The average molecular weight is 338 g/mol. The van der Waals surface area contributed by atoms with Crippen LogP contribution in [-0.2, 0) is 11.4 Å². The van der Waals surface area contributed by atoms with Gasteiger partial charge in [0.2, 0.25) is 0 Å². The minimum atomic E-state index is -2.84. The van der Waals surface area contributed by atoms with Gasteiger partial charge in [-0.3, -0.25) is 9.94 Å². The van der Waals surface area contributed by atoms with Crippen LogP contribution in [0.5, 0.6) is 5.75 Å². The van der Waals surface area contributed by atoms with Crippen LogP contribution in [0.3, 0.4) is 0 Å². The number of hydrogen-bond acceptors (Lipinski definition) is 5. The standard InChI is InChI=1S/C16H20F2N4O2/c1-22-7-9-4-10(22)5-13(9)21-23-8-15-12-3-2-11(24-16(17)18)6-14(12)19-20-15/h2-3,6,9-10,13,16,21H,4-5,7-8H2,1H3,(H,19,20). The molecular formula is C16H20F2N4O2. The molecule has 0 radical (unpaired) electrons. The first-order valence-corrected chi connectivity index (χ1v) is 8.09. The van der Waals surface area contributed by atoms with Gasteiger partial charge in [0.15, 0.2) is 0 Å². The summed E-state index contributed by atoms with van der Waals surface area (Å²) in [5.41, 5.74) is 4.55. The molecule has 6 nitrogen and oxygen atoms in total. The van der Waals surface area contributed by atoms with Gasteiger partial charge in [-0.15, -0.1) is 0 Å². The molecule has 3 unspecified atom stereocenters. The van der Waals surface area contributed by atoms with Crippen LogP contribution >= 0.6 is 0 Å². The number of nitrogens with zero attached hydrogens (tertiary/aromatic N) is 2. The molecule has 130 valence electrons. The number of ether oxygens (including phenoxy) is 1. The predicted molar refractivity (Wildman–Crippen MR) is 83.6 cm³/mol. The zero-order valence-electron chi connectivity index (χ0n) is 13.3. The molecule has 24 heavy (non-hydrogen) atoms. The Balaban J connectivity index is 1.35. The largest absolute Gasteiger partial charge is 0.435 e. The fourth-order valence-corrected chi connectivity index (χ4v) is 3.88. The monoisotopic (exact) mass is 338 g/mol. The van der Waals surface area contributed by atoms with Crippen molar-refractivity contribution in [2.45, 2.75) is 38.1 Å². The summed E-state index contributed by atoms with van der Waals surface area (Å²) in [5, 5.41) is 7.86.